The van der Waals surface area contributed by atoms with E-state index in [1.165, 1.54) is 7.11 Å². The molecule has 1 N–H and O–H groups in total. The average molecular weight is 482 g/mol. The van der Waals surface area contributed by atoms with E-state index < -0.39 is 12.0 Å². The van der Waals surface area contributed by atoms with E-state index in [2.05, 4.69) is 5.32 Å². The van der Waals surface area contributed by atoms with Gasteiger partial charge in [0.15, 0.2) is 12.6 Å². The van der Waals surface area contributed by atoms with Gasteiger partial charge in [-0.3, -0.25) is 4.79 Å². The van der Waals surface area contributed by atoms with E-state index in [0.29, 0.717) is 22.2 Å². The summed E-state index contributed by atoms with van der Waals surface area (Å²) < 4.78 is 10.9. The Balaban J connectivity index is 1.82. The summed E-state index contributed by atoms with van der Waals surface area (Å²) in [6, 6.07) is 12.8. The number of anilines is 1. The van der Waals surface area contributed by atoms with Crippen molar-refractivity contribution in [1.82, 2.24) is 0 Å². The number of nitrogens with zero attached hydrogens (tertiary/aromatic N) is 1. The molecule has 2 aromatic carbocycles. The molecule has 1 fully saturated rings. The first-order chi connectivity index (χ1) is 16.8. The minimum Gasteiger partial charge on any atom is -0.465 e. The van der Waals surface area contributed by atoms with Crippen molar-refractivity contribution < 1.29 is 28.3 Å². The number of ether oxygens (including phenoxy) is 2. The normalized spacial score (nSPS) is 15.7. The van der Waals surface area contributed by atoms with Crippen molar-refractivity contribution in [2.24, 2.45) is 0 Å². The van der Waals surface area contributed by atoms with E-state index in [1.54, 1.807) is 6.07 Å². The van der Waals surface area contributed by atoms with Crippen molar-refractivity contribution in [2.45, 2.75) is 59.1 Å². The first-order valence-corrected chi connectivity index (χ1v) is 12.4. The second kappa shape index (κ2) is 12.0. The molecule has 1 atom stereocenters. The number of quaternary nitrogens is 1. The maximum atomic E-state index is 13.7. The highest BCUT2D eigenvalue weighted by atomic mass is 16.5. The lowest BCUT2D eigenvalue weighted by atomic mass is 9.99. The lowest BCUT2D eigenvalue weighted by Gasteiger charge is -2.45. The Labute approximate surface area is 208 Å². The molecule has 7 nitrogen and oxygen atoms in total. The molecule has 0 aliphatic carbocycles. The number of esters is 2. The molecule has 0 bridgehead atoms. The molecule has 2 aromatic rings. The van der Waals surface area contributed by atoms with Crippen LogP contribution in [0.2, 0.25) is 0 Å². The fourth-order valence-electron chi connectivity index (χ4n) is 5.20. The van der Waals surface area contributed by atoms with Crippen molar-refractivity contribution in [3.8, 4) is 0 Å². The van der Waals surface area contributed by atoms with Crippen LogP contribution in [0.4, 0.5) is 5.69 Å². The quantitative estimate of drug-likeness (QED) is 0.420. The van der Waals surface area contributed by atoms with Crippen LogP contribution in [-0.2, 0) is 25.7 Å². The Kier molecular flexibility index (Phi) is 9.04. The van der Waals surface area contributed by atoms with Gasteiger partial charge in [-0.2, -0.15) is 0 Å². The zero-order chi connectivity index (χ0) is 25.4. The number of rotatable bonds is 9. The molecule has 7 heteroatoms. The maximum Gasteiger partial charge on any atom is 0.362 e. The van der Waals surface area contributed by atoms with Gasteiger partial charge >= 0.3 is 11.9 Å². The summed E-state index contributed by atoms with van der Waals surface area (Å²) >= 11 is 0. The third-order valence-corrected chi connectivity index (χ3v) is 6.88. The van der Waals surface area contributed by atoms with Gasteiger partial charge in [0.25, 0.3) is 5.91 Å². The molecule has 1 aliphatic heterocycles. The molecule has 1 aliphatic rings. The largest absolute Gasteiger partial charge is 0.465 e. The lowest BCUT2D eigenvalue weighted by Crippen LogP contribution is -2.63. The summed E-state index contributed by atoms with van der Waals surface area (Å²) in [5.41, 5.74) is 3.43. The molecule has 1 saturated heterocycles. The van der Waals surface area contributed by atoms with Crippen LogP contribution in [0.1, 0.15) is 59.7 Å². The van der Waals surface area contributed by atoms with Crippen molar-refractivity contribution >= 4 is 23.5 Å². The number of benzene rings is 2. The monoisotopic (exact) mass is 481 g/mol. The van der Waals surface area contributed by atoms with Crippen LogP contribution in [0.3, 0.4) is 0 Å². The summed E-state index contributed by atoms with van der Waals surface area (Å²) in [6.45, 7) is 7.57. The molecule has 0 saturated carbocycles. The van der Waals surface area contributed by atoms with Crippen LogP contribution >= 0.6 is 0 Å². The SMILES string of the molecule is CCC(C(=O)Nc1c(C)cc(C)cc1C(=O)OC)[N+]1(CC(=O)OCc2ccccc2)CCCCC1. The predicted molar refractivity (Wildman–Crippen MR) is 135 cm³/mol. The molecule has 1 amide bonds. The molecule has 35 heavy (non-hydrogen) atoms. The number of carbonyl (C=O) groups excluding carboxylic acids is 3. The van der Waals surface area contributed by atoms with E-state index >= 15 is 0 Å². The zero-order valence-corrected chi connectivity index (χ0v) is 21.3. The van der Waals surface area contributed by atoms with Gasteiger partial charge in [0.1, 0.15) is 6.61 Å². The molecule has 1 unspecified atom stereocenters. The van der Waals surface area contributed by atoms with Crippen molar-refractivity contribution in [2.75, 3.05) is 32.1 Å². The minimum absolute atomic E-state index is 0.148. The average Bonchev–Trinajstić information content (AvgIpc) is 2.85. The number of piperidine rings is 1. The van der Waals surface area contributed by atoms with E-state index in [0.717, 1.165) is 49.0 Å². The highest BCUT2D eigenvalue weighted by Gasteiger charge is 2.44. The topological polar surface area (TPSA) is 81.7 Å². The van der Waals surface area contributed by atoms with Gasteiger partial charge in [-0.05, 0) is 55.9 Å². The summed E-state index contributed by atoms with van der Waals surface area (Å²) in [5, 5.41) is 3.02. The predicted octanol–water partition coefficient (Wildman–Crippen LogP) is 4.55. The van der Waals surface area contributed by atoms with Crippen molar-refractivity contribution in [3.05, 3.63) is 64.7 Å². The molecule has 1 heterocycles. The van der Waals surface area contributed by atoms with E-state index in [1.807, 2.05) is 57.2 Å². The second-order valence-corrected chi connectivity index (χ2v) is 9.44. The van der Waals surface area contributed by atoms with Crippen LogP contribution < -0.4 is 5.32 Å². The summed E-state index contributed by atoms with van der Waals surface area (Å²) in [4.78, 5) is 39.0. The van der Waals surface area contributed by atoms with Gasteiger partial charge in [-0.25, -0.2) is 9.59 Å². The number of nitrogens with one attached hydrogen (secondary N) is 1. The summed E-state index contributed by atoms with van der Waals surface area (Å²) in [7, 11) is 1.33. The Morgan fingerprint density at radius 1 is 1.03 bits per heavy atom. The third kappa shape index (κ3) is 6.48. The summed E-state index contributed by atoms with van der Waals surface area (Å²) in [5.74, 6) is -0.988. The van der Waals surface area contributed by atoms with Crippen LogP contribution in [0.15, 0.2) is 42.5 Å². The first-order valence-electron chi connectivity index (χ1n) is 12.4. The van der Waals surface area contributed by atoms with Crippen LogP contribution in [0, 0.1) is 13.8 Å². The van der Waals surface area contributed by atoms with Gasteiger partial charge < -0.3 is 19.3 Å². The zero-order valence-electron chi connectivity index (χ0n) is 21.3. The fourth-order valence-corrected chi connectivity index (χ4v) is 5.20. The maximum absolute atomic E-state index is 13.7. The molecule has 188 valence electrons. The molecule has 0 aromatic heterocycles. The van der Waals surface area contributed by atoms with E-state index in [-0.39, 0.29) is 25.0 Å². The van der Waals surface area contributed by atoms with Gasteiger partial charge in [0, 0.05) is 6.42 Å². The molecule has 3 rings (SSSR count). The Hall–Kier alpha value is -3.19. The van der Waals surface area contributed by atoms with Gasteiger partial charge in [-0.1, -0.05) is 43.3 Å². The van der Waals surface area contributed by atoms with Gasteiger partial charge in [0.05, 0.1) is 31.5 Å². The molecular formula is C28H37N2O5+. The lowest BCUT2D eigenvalue weighted by molar-refractivity contribution is -0.940. The number of hydrogen-bond acceptors (Lipinski definition) is 5. The third-order valence-electron chi connectivity index (χ3n) is 6.88. The number of aryl methyl sites for hydroxylation is 2. The van der Waals surface area contributed by atoms with Gasteiger partial charge in [0.2, 0.25) is 0 Å². The highest BCUT2D eigenvalue weighted by Crippen LogP contribution is 2.29. The molecule has 0 spiro atoms. The minimum atomic E-state index is -0.494. The van der Waals surface area contributed by atoms with E-state index in [9.17, 15) is 14.4 Å². The van der Waals surface area contributed by atoms with E-state index in [4.69, 9.17) is 9.47 Å². The van der Waals surface area contributed by atoms with Crippen LogP contribution in [0.25, 0.3) is 0 Å². The number of hydrogen-bond donors (Lipinski definition) is 1. The number of methoxy groups -OCH3 is 1. The van der Waals surface area contributed by atoms with Gasteiger partial charge in [-0.15, -0.1) is 0 Å². The van der Waals surface area contributed by atoms with Crippen LogP contribution in [-0.4, -0.2) is 55.1 Å². The summed E-state index contributed by atoms with van der Waals surface area (Å²) in [6.07, 6.45) is 3.55. The second-order valence-electron chi connectivity index (χ2n) is 9.44. The van der Waals surface area contributed by atoms with Crippen LogP contribution in [0.5, 0.6) is 0 Å². The molecular weight excluding hydrogens is 444 g/mol. The Morgan fingerprint density at radius 2 is 1.71 bits per heavy atom. The first kappa shape index (κ1) is 26.4. The number of amides is 1. The number of carbonyl (C=O) groups is 3. The highest BCUT2D eigenvalue weighted by molar-refractivity contribution is 6.03. The Morgan fingerprint density at radius 3 is 2.34 bits per heavy atom. The van der Waals surface area contributed by atoms with Crippen molar-refractivity contribution in [1.29, 1.82) is 0 Å². The molecule has 0 radical (unpaired) electrons. The smallest absolute Gasteiger partial charge is 0.362 e. The Bertz CT molecular complexity index is 1040. The van der Waals surface area contributed by atoms with Crippen molar-refractivity contribution in [3.63, 3.8) is 0 Å². The number of likely N-dealkylation sites (tertiary alicyclic amines) is 1. The standard InChI is InChI=1S/C28H36N2O5/c1-5-24(27(32)29-26-21(3)16-20(2)17-23(26)28(33)34-4)30(14-10-7-11-15-30)18-25(31)35-19-22-12-8-6-9-13-22/h6,8-9,12-13,16-17,24H,5,7,10-11,14-15,18-19H2,1-4H3/p+1. The fraction of sp³-hybridized carbons (Fsp3) is 0.464.